The Balaban J connectivity index is 2.34. The Kier molecular flexibility index (Phi) is 2.52. The van der Waals surface area contributed by atoms with E-state index >= 15 is 0 Å². The average molecular weight is 257 g/mol. The molecule has 0 amide bonds. The zero-order chi connectivity index (χ0) is 10.1. The summed E-state index contributed by atoms with van der Waals surface area (Å²) in [6.07, 6.45) is 1.05. The molecule has 1 N–H and O–H groups in total. The summed E-state index contributed by atoms with van der Waals surface area (Å²) in [6, 6.07) is 5.56. The molecule has 0 saturated carbocycles. The molecular weight excluding hydrogens is 248 g/mol. The van der Waals surface area contributed by atoms with Gasteiger partial charge in [-0.25, -0.2) is 0 Å². The lowest BCUT2D eigenvalue weighted by molar-refractivity contribution is -0.385. The summed E-state index contributed by atoms with van der Waals surface area (Å²) in [5.74, 6) is 0. The number of rotatable bonds is 2. The number of nitro benzene ring substituents is 1. The summed E-state index contributed by atoms with van der Waals surface area (Å²) in [6.45, 7) is 0.995. The van der Waals surface area contributed by atoms with E-state index in [-0.39, 0.29) is 10.6 Å². The molecule has 0 spiro atoms. The molecule has 1 aliphatic heterocycles. The van der Waals surface area contributed by atoms with E-state index in [1.54, 1.807) is 12.1 Å². The zero-order valence-corrected chi connectivity index (χ0v) is 8.95. The van der Waals surface area contributed by atoms with Crippen LogP contribution in [0.25, 0.3) is 0 Å². The van der Waals surface area contributed by atoms with E-state index in [1.807, 2.05) is 6.07 Å². The summed E-state index contributed by atoms with van der Waals surface area (Å²) in [5, 5.41) is 13.9. The highest BCUT2D eigenvalue weighted by molar-refractivity contribution is 9.10. The molecule has 5 heteroatoms. The quantitative estimate of drug-likeness (QED) is 0.653. The largest absolute Gasteiger partial charge is 0.310 e. The molecule has 1 aliphatic rings. The van der Waals surface area contributed by atoms with Crippen molar-refractivity contribution in [1.29, 1.82) is 0 Å². The third kappa shape index (κ3) is 1.65. The van der Waals surface area contributed by atoms with Gasteiger partial charge in [-0.3, -0.25) is 10.1 Å². The second kappa shape index (κ2) is 3.67. The van der Waals surface area contributed by atoms with E-state index in [0.717, 1.165) is 18.5 Å². The van der Waals surface area contributed by atoms with Crippen molar-refractivity contribution in [2.75, 3.05) is 6.54 Å². The molecule has 1 fully saturated rings. The second-order valence-corrected chi connectivity index (χ2v) is 4.12. The summed E-state index contributed by atoms with van der Waals surface area (Å²) >= 11 is 3.16. The van der Waals surface area contributed by atoms with Gasteiger partial charge in [-0.15, -0.1) is 0 Å². The van der Waals surface area contributed by atoms with Gasteiger partial charge in [-0.2, -0.15) is 0 Å². The van der Waals surface area contributed by atoms with Gasteiger partial charge in [0.2, 0.25) is 0 Å². The van der Waals surface area contributed by atoms with Crippen LogP contribution in [0, 0.1) is 10.1 Å². The number of nitrogens with zero attached hydrogens (tertiary/aromatic N) is 1. The first-order valence-electron chi connectivity index (χ1n) is 4.35. The molecule has 74 valence electrons. The predicted octanol–water partition coefficient (Wildman–Crippen LogP) is 2.39. The van der Waals surface area contributed by atoms with Crippen LogP contribution in [0.4, 0.5) is 5.69 Å². The topological polar surface area (TPSA) is 55.2 Å². The maximum Gasteiger partial charge on any atom is 0.283 e. The molecule has 0 bridgehead atoms. The fourth-order valence-electron chi connectivity index (χ4n) is 1.46. The van der Waals surface area contributed by atoms with Crippen LogP contribution in [0.3, 0.4) is 0 Å². The highest BCUT2D eigenvalue weighted by Gasteiger charge is 2.21. The Bertz CT molecular complexity index is 377. The van der Waals surface area contributed by atoms with E-state index in [0.29, 0.717) is 10.5 Å². The van der Waals surface area contributed by atoms with E-state index in [9.17, 15) is 10.1 Å². The standard InChI is InChI=1S/C9H9BrN2O2/c10-7-2-1-6(8-3-4-11-8)5-9(7)12(13)14/h1-2,5,8,11H,3-4H2/t8-/m1/s1. The van der Waals surface area contributed by atoms with Crippen molar-refractivity contribution >= 4 is 21.6 Å². The van der Waals surface area contributed by atoms with Crippen LogP contribution in [-0.4, -0.2) is 11.5 Å². The van der Waals surface area contributed by atoms with Crippen LogP contribution in [0.2, 0.25) is 0 Å². The monoisotopic (exact) mass is 256 g/mol. The van der Waals surface area contributed by atoms with Crippen LogP contribution in [0.1, 0.15) is 18.0 Å². The van der Waals surface area contributed by atoms with Crippen molar-refractivity contribution in [3.8, 4) is 0 Å². The van der Waals surface area contributed by atoms with Gasteiger partial charge in [-0.05, 0) is 40.5 Å². The first-order valence-corrected chi connectivity index (χ1v) is 5.15. The van der Waals surface area contributed by atoms with Crippen molar-refractivity contribution < 1.29 is 4.92 Å². The summed E-state index contributed by atoms with van der Waals surface area (Å²) < 4.78 is 0.533. The number of nitro groups is 1. The Morgan fingerprint density at radius 1 is 1.57 bits per heavy atom. The Morgan fingerprint density at radius 3 is 2.79 bits per heavy atom. The molecule has 1 saturated heterocycles. The second-order valence-electron chi connectivity index (χ2n) is 3.26. The van der Waals surface area contributed by atoms with Crippen LogP contribution in [0.15, 0.2) is 22.7 Å². The van der Waals surface area contributed by atoms with E-state index in [2.05, 4.69) is 21.2 Å². The van der Waals surface area contributed by atoms with Crippen LogP contribution >= 0.6 is 15.9 Å². The third-order valence-electron chi connectivity index (χ3n) is 2.39. The SMILES string of the molecule is O=[N+]([O-])c1cc([C@H]2CCN2)ccc1Br. The van der Waals surface area contributed by atoms with Gasteiger partial charge in [0.15, 0.2) is 0 Å². The van der Waals surface area contributed by atoms with Gasteiger partial charge in [0.1, 0.15) is 0 Å². The Hall–Kier alpha value is -0.940. The summed E-state index contributed by atoms with van der Waals surface area (Å²) in [4.78, 5) is 10.3. The number of halogens is 1. The van der Waals surface area contributed by atoms with Crippen molar-refractivity contribution in [3.63, 3.8) is 0 Å². The number of hydrogen-bond donors (Lipinski definition) is 1. The van der Waals surface area contributed by atoms with E-state index in [1.165, 1.54) is 0 Å². The van der Waals surface area contributed by atoms with Gasteiger partial charge in [-0.1, -0.05) is 6.07 Å². The molecule has 1 heterocycles. The van der Waals surface area contributed by atoms with Crippen molar-refractivity contribution in [3.05, 3.63) is 38.3 Å². The van der Waals surface area contributed by atoms with Crippen LogP contribution in [-0.2, 0) is 0 Å². The molecule has 4 nitrogen and oxygen atoms in total. The normalized spacial score (nSPS) is 20.2. The molecule has 0 radical (unpaired) electrons. The average Bonchev–Trinajstić information content (AvgIpc) is 2.04. The smallest absolute Gasteiger partial charge is 0.283 e. The summed E-state index contributed by atoms with van der Waals surface area (Å²) in [5.41, 5.74) is 1.13. The highest BCUT2D eigenvalue weighted by atomic mass is 79.9. The molecule has 0 aromatic heterocycles. The maximum atomic E-state index is 10.7. The highest BCUT2D eigenvalue weighted by Crippen LogP contribution is 2.30. The lowest BCUT2D eigenvalue weighted by Crippen LogP contribution is -2.34. The fourth-order valence-corrected chi connectivity index (χ4v) is 1.85. The minimum Gasteiger partial charge on any atom is -0.310 e. The first kappa shape index (κ1) is 9.61. The molecule has 0 aliphatic carbocycles. The molecule has 1 atom stereocenters. The molecule has 0 unspecified atom stereocenters. The van der Waals surface area contributed by atoms with Gasteiger partial charge in [0.25, 0.3) is 5.69 Å². The number of nitrogens with one attached hydrogen (secondary N) is 1. The van der Waals surface area contributed by atoms with Gasteiger partial charge in [0, 0.05) is 12.1 Å². The van der Waals surface area contributed by atoms with Crippen molar-refractivity contribution in [2.24, 2.45) is 0 Å². The Morgan fingerprint density at radius 2 is 2.29 bits per heavy atom. The van der Waals surface area contributed by atoms with Crippen LogP contribution in [0.5, 0.6) is 0 Å². The summed E-state index contributed by atoms with van der Waals surface area (Å²) in [7, 11) is 0. The lowest BCUT2D eigenvalue weighted by Gasteiger charge is -2.27. The molecular formula is C9H9BrN2O2. The van der Waals surface area contributed by atoms with Gasteiger partial charge >= 0.3 is 0 Å². The third-order valence-corrected chi connectivity index (χ3v) is 3.06. The lowest BCUT2D eigenvalue weighted by atomic mass is 9.98. The fraction of sp³-hybridized carbons (Fsp3) is 0.333. The molecule has 14 heavy (non-hydrogen) atoms. The number of hydrogen-bond acceptors (Lipinski definition) is 3. The zero-order valence-electron chi connectivity index (χ0n) is 7.37. The van der Waals surface area contributed by atoms with Gasteiger partial charge < -0.3 is 5.32 Å². The Labute approximate surface area is 89.6 Å². The van der Waals surface area contributed by atoms with Crippen molar-refractivity contribution in [1.82, 2.24) is 5.32 Å². The van der Waals surface area contributed by atoms with Gasteiger partial charge in [0.05, 0.1) is 9.40 Å². The minimum absolute atomic E-state index is 0.135. The molecule has 1 aromatic rings. The van der Waals surface area contributed by atoms with Crippen molar-refractivity contribution in [2.45, 2.75) is 12.5 Å². The maximum absolute atomic E-state index is 10.7. The van der Waals surface area contributed by atoms with Crippen LogP contribution < -0.4 is 5.32 Å². The van der Waals surface area contributed by atoms with E-state index < -0.39 is 0 Å². The van der Waals surface area contributed by atoms with E-state index in [4.69, 9.17) is 0 Å². The minimum atomic E-state index is -0.369. The predicted molar refractivity (Wildman–Crippen MR) is 56.2 cm³/mol. The molecule has 2 rings (SSSR count). The first-order chi connectivity index (χ1) is 6.68. The number of benzene rings is 1. The molecule has 1 aromatic carbocycles.